The molecule has 19 heavy (non-hydrogen) atoms. The van der Waals surface area contributed by atoms with Gasteiger partial charge in [-0.2, -0.15) is 0 Å². The number of hydrogen-bond acceptors (Lipinski definition) is 4. The van der Waals surface area contributed by atoms with Gasteiger partial charge in [-0.3, -0.25) is 9.36 Å². The molecular weight excluding hydrogens is 242 g/mol. The Balaban J connectivity index is 2.66. The first kappa shape index (κ1) is 13.5. The topological polar surface area (TPSA) is 57.0 Å². The summed E-state index contributed by atoms with van der Waals surface area (Å²) in [5.41, 5.74) is 0.568. The van der Waals surface area contributed by atoms with Gasteiger partial charge in [0.05, 0.1) is 12.0 Å². The molecule has 2 aromatic rings. The van der Waals surface area contributed by atoms with Gasteiger partial charge in [0.15, 0.2) is 0 Å². The van der Waals surface area contributed by atoms with Crippen molar-refractivity contribution >= 4 is 11.0 Å². The highest BCUT2D eigenvalue weighted by Crippen LogP contribution is 2.22. The van der Waals surface area contributed by atoms with Crippen molar-refractivity contribution in [1.29, 1.82) is 0 Å². The van der Waals surface area contributed by atoms with E-state index in [-0.39, 0.29) is 11.0 Å². The van der Waals surface area contributed by atoms with Gasteiger partial charge in [-0.1, -0.05) is 20.8 Å². The van der Waals surface area contributed by atoms with Crippen LogP contribution in [0.3, 0.4) is 0 Å². The molecule has 0 amide bonds. The Bertz CT molecular complexity index is 641. The highest BCUT2D eigenvalue weighted by atomic mass is 16.5. The van der Waals surface area contributed by atoms with Crippen molar-refractivity contribution < 1.29 is 4.74 Å². The van der Waals surface area contributed by atoms with E-state index in [0.29, 0.717) is 24.7 Å². The van der Waals surface area contributed by atoms with E-state index in [2.05, 4.69) is 30.7 Å². The molecule has 0 atom stereocenters. The summed E-state index contributed by atoms with van der Waals surface area (Å²) in [4.78, 5) is 20.4. The summed E-state index contributed by atoms with van der Waals surface area (Å²) in [6, 6.07) is 3.27. The third kappa shape index (κ3) is 2.92. The van der Waals surface area contributed by atoms with Gasteiger partial charge < -0.3 is 4.74 Å². The van der Waals surface area contributed by atoms with Crippen LogP contribution in [0.4, 0.5) is 0 Å². The lowest BCUT2D eigenvalue weighted by Crippen LogP contribution is -2.27. The second-order valence-electron chi connectivity index (χ2n) is 5.67. The minimum Gasteiger partial charge on any atom is -0.477 e. The zero-order valence-corrected chi connectivity index (χ0v) is 11.8. The van der Waals surface area contributed by atoms with Crippen molar-refractivity contribution in [2.45, 2.75) is 34.2 Å². The van der Waals surface area contributed by atoms with Crippen molar-refractivity contribution in [3.05, 3.63) is 28.8 Å². The number of aromatic nitrogens is 3. The van der Waals surface area contributed by atoms with Crippen LogP contribution in [0.1, 0.15) is 27.7 Å². The minimum atomic E-state index is -0.0522. The predicted molar refractivity (Wildman–Crippen MR) is 74.4 cm³/mol. The van der Waals surface area contributed by atoms with Crippen molar-refractivity contribution in [2.24, 2.45) is 5.41 Å². The molecule has 0 unspecified atom stereocenters. The largest absolute Gasteiger partial charge is 0.477 e. The highest BCUT2D eigenvalue weighted by Gasteiger charge is 2.16. The molecule has 0 radical (unpaired) electrons. The molecule has 2 heterocycles. The molecule has 0 N–H and O–H groups in total. The van der Waals surface area contributed by atoms with Crippen molar-refractivity contribution in [3.8, 4) is 5.88 Å². The first-order valence-electron chi connectivity index (χ1n) is 6.40. The lowest BCUT2D eigenvalue weighted by molar-refractivity contribution is 0.328. The Kier molecular flexibility index (Phi) is 3.55. The summed E-state index contributed by atoms with van der Waals surface area (Å²) in [7, 11) is 0. The summed E-state index contributed by atoms with van der Waals surface area (Å²) < 4.78 is 7.16. The predicted octanol–water partition coefficient (Wildman–Crippen LogP) is 2.24. The molecule has 0 aliphatic carbocycles. The van der Waals surface area contributed by atoms with E-state index in [1.807, 2.05) is 6.92 Å². The zero-order valence-electron chi connectivity index (χ0n) is 11.8. The molecule has 2 aromatic heterocycles. The standard InChI is InChI=1S/C14H19N3O2/c1-5-19-13-10-6-7-11(18)17(8-14(2,3)4)12(10)15-9-16-13/h6-7,9H,5,8H2,1-4H3. The SMILES string of the molecule is CCOc1ncnc2c1ccc(=O)n2CC(C)(C)C. The lowest BCUT2D eigenvalue weighted by Gasteiger charge is -2.20. The van der Waals surface area contributed by atoms with Crippen LogP contribution in [0.2, 0.25) is 0 Å². The van der Waals surface area contributed by atoms with E-state index < -0.39 is 0 Å². The maximum atomic E-state index is 12.0. The van der Waals surface area contributed by atoms with Gasteiger partial charge in [0.25, 0.3) is 5.56 Å². The average molecular weight is 261 g/mol. The molecule has 0 saturated carbocycles. The highest BCUT2D eigenvalue weighted by molar-refractivity contribution is 5.80. The van der Waals surface area contributed by atoms with Gasteiger partial charge in [0, 0.05) is 12.6 Å². The van der Waals surface area contributed by atoms with Gasteiger partial charge in [0.1, 0.15) is 12.0 Å². The Morgan fingerprint density at radius 1 is 1.26 bits per heavy atom. The van der Waals surface area contributed by atoms with Gasteiger partial charge in [-0.05, 0) is 18.4 Å². The molecule has 2 rings (SSSR count). The van der Waals surface area contributed by atoms with Gasteiger partial charge in [0.2, 0.25) is 5.88 Å². The number of nitrogens with zero attached hydrogens (tertiary/aromatic N) is 3. The molecule has 0 aliphatic heterocycles. The van der Waals surface area contributed by atoms with E-state index >= 15 is 0 Å². The van der Waals surface area contributed by atoms with E-state index in [1.165, 1.54) is 6.33 Å². The molecule has 0 spiro atoms. The first-order chi connectivity index (χ1) is 8.92. The van der Waals surface area contributed by atoms with Gasteiger partial charge >= 0.3 is 0 Å². The quantitative estimate of drug-likeness (QED) is 0.850. The maximum Gasteiger partial charge on any atom is 0.252 e. The number of pyridine rings is 1. The second-order valence-corrected chi connectivity index (χ2v) is 5.67. The van der Waals surface area contributed by atoms with Crippen molar-refractivity contribution in [2.75, 3.05) is 6.61 Å². The summed E-state index contributed by atoms with van der Waals surface area (Å²) in [6.45, 7) is 9.30. The number of rotatable bonds is 3. The fraction of sp³-hybridized carbons (Fsp3) is 0.500. The molecule has 0 fully saturated rings. The Hall–Kier alpha value is -1.91. The van der Waals surface area contributed by atoms with Crippen LogP contribution >= 0.6 is 0 Å². The summed E-state index contributed by atoms with van der Waals surface area (Å²) in [5.74, 6) is 0.523. The number of ether oxygens (including phenoxy) is 1. The maximum absolute atomic E-state index is 12.0. The van der Waals surface area contributed by atoms with E-state index in [1.54, 1.807) is 16.7 Å². The molecule has 0 aromatic carbocycles. The number of fused-ring (bicyclic) bond motifs is 1. The van der Waals surface area contributed by atoms with Crippen LogP contribution in [0.25, 0.3) is 11.0 Å². The molecule has 102 valence electrons. The van der Waals surface area contributed by atoms with Crippen LogP contribution in [0, 0.1) is 5.41 Å². The van der Waals surface area contributed by atoms with Gasteiger partial charge in [-0.25, -0.2) is 9.97 Å². The molecule has 5 heteroatoms. The van der Waals surface area contributed by atoms with Crippen molar-refractivity contribution in [3.63, 3.8) is 0 Å². The molecule has 0 aliphatic rings. The third-order valence-electron chi connectivity index (χ3n) is 2.65. The molecule has 0 bridgehead atoms. The Morgan fingerprint density at radius 3 is 2.63 bits per heavy atom. The fourth-order valence-corrected chi connectivity index (χ4v) is 1.96. The van der Waals surface area contributed by atoms with Crippen LogP contribution in [0.15, 0.2) is 23.3 Å². The Morgan fingerprint density at radius 2 is 2.00 bits per heavy atom. The van der Waals surface area contributed by atoms with E-state index in [4.69, 9.17) is 4.74 Å². The normalized spacial score (nSPS) is 11.8. The average Bonchev–Trinajstić information content (AvgIpc) is 2.32. The summed E-state index contributed by atoms with van der Waals surface area (Å²) in [5, 5.41) is 0.771. The fourth-order valence-electron chi connectivity index (χ4n) is 1.96. The molecule has 0 saturated heterocycles. The first-order valence-corrected chi connectivity index (χ1v) is 6.40. The monoisotopic (exact) mass is 261 g/mol. The van der Waals surface area contributed by atoms with E-state index in [0.717, 1.165) is 5.39 Å². The van der Waals surface area contributed by atoms with Crippen LogP contribution in [0.5, 0.6) is 5.88 Å². The number of hydrogen-bond donors (Lipinski definition) is 0. The smallest absolute Gasteiger partial charge is 0.252 e. The minimum absolute atomic E-state index is 0.00512. The molecular formula is C14H19N3O2. The summed E-state index contributed by atoms with van der Waals surface area (Å²) >= 11 is 0. The van der Waals surface area contributed by atoms with Crippen molar-refractivity contribution in [1.82, 2.24) is 14.5 Å². The van der Waals surface area contributed by atoms with Crippen LogP contribution in [-0.4, -0.2) is 21.1 Å². The van der Waals surface area contributed by atoms with Crippen LogP contribution < -0.4 is 10.3 Å². The van der Waals surface area contributed by atoms with E-state index in [9.17, 15) is 4.79 Å². The molecule has 5 nitrogen and oxygen atoms in total. The van der Waals surface area contributed by atoms with Gasteiger partial charge in [-0.15, -0.1) is 0 Å². The second kappa shape index (κ2) is 4.99. The lowest BCUT2D eigenvalue weighted by atomic mass is 9.97. The Labute approximate surface area is 112 Å². The zero-order chi connectivity index (χ0) is 14.0. The summed E-state index contributed by atoms with van der Waals surface area (Å²) in [6.07, 6.45) is 1.44. The third-order valence-corrected chi connectivity index (χ3v) is 2.65. The van der Waals surface area contributed by atoms with Crippen LogP contribution in [-0.2, 0) is 6.54 Å².